The van der Waals surface area contributed by atoms with Crippen LogP contribution in [0.2, 0.25) is 0 Å². The third kappa shape index (κ3) is 2.86. The van der Waals surface area contributed by atoms with Crippen LogP contribution in [-0.2, 0) is 0 Å². The van der Waals surface area contributed by atoms with Crippen LogP contribution < -0.4 is 10.2 Å². The van der Waals surface area contributed by atoms with E-state index in [1.807, 2.05) is 55.5 Å². The van der Waals surface area contributed by atoms with Gasteiger partial charge in [0.1, 0.15) is 11.3 Å². The van der Waals surface area contributed by atoms with Gasteiger partial charge in [-0.15, -0.1) is 0 Å². The summed E-state index contributed by atoms with van der Waals surface area (Å²) in [5, 5.41) is 4.28. The molecule has 3 rings (SSSR count). The zero-order valence-electron chi connectivity index (χ0n) is 11.8. The average Bonchev–Trinajstić information content (AvgIpc) is 2.95. The third-order valence-corrected chi connectivity index (χ3v) is 3.12. The monoisotopic (exact) mass is 281 g/mol. The zero-order valence-corrected chi connectivity index (χ0v) is 11.8. The van der Waals surface area contributed by atoms with E-state index in [4.69, 9.17) is 9.15 Å². The first-order valence-corrected chi connectivity index (χ1v) is 6.56. The summed E-state index contributed by atoms with van der Waals surface area (Å²) in [4.78, 5) is 4.30. The lowest BCUT2D eigenvalue weighted by atomic mass is 10.1. The minimum Gasteiger partial charge on any atom is -0.497 e. The minimum atomic E-state index is 0.379. The largest absolute Gasteiger partial charge is 0.497 e. The fourth-order valence-corrected chi connectivity index (χ4v) is 1.95. The Morgan fingerprint density at radius 1 is 1.14 bits per heavy atom. The average molecular weight is 281 g/mol. The molecule has 1 aromatic heterocycles. The van der Waals surface area contributed by atoms with Crippen molar-refractivity contribution < 1.29 is 9.15 Å². The maximum absolute atomic E-state index is 5.54. The number of nitrogens with zero attached hydrogens (tertiary/aromatic N) is 2. The molecule has 1 N–H and O–H groups in total. The molecular weight excluding hydrogens is 266 g/mol. The Kier molecular flexibility index (Phi) is 3.55. The second kappa shape index (κ2) is 5.66. The number of rotatable bonds is 4. The number of hydrogen-bond acceptors (Lipinski definition) is 5. The molecule has 0 spiro atoms. The standard InChI is InChI=1S/C16H15N3O2/c1-11(12-7-9-13(20-2)10-8-12)18-19-16-17-14-5-3-4-6-15(14)21-16/h3-10H,1-2H3,(H,17,19). The smallest absolute Gasteiger partial charge is 0.316 e. The van der Waals surface area contributed by atoms with Crippen molar-refractivity contribution in [3.8, 4) is 5.75 Å². The maximum atomic E-state index is 5.54. The highest BCUT2D eigenvalue weighted by atomic mass is 16.5. The number of hydrazone groups is 1. The number of benzene rings is 2. The van der Waals surface area contributed by atoms with Gasteiger partial charge in [-0.2, -0.15) is 10.1 Å². The molecular formula is C16H15N3O2. The van der Waals surface area contributed by atoms with E-state index in [0.717, 1.165) is 28.1 Å². The number of nitrogens with one attached hydrogen (secondary N) is 1. The second-order valence-corrected chi connectivity index (χ2v) is 4.52. The van der Waals surface area contributed by atoms with Crippen molar-refractivity contribution in [1.29, 1.82) is 0 Å². The van der Waals surface area contributed by atoms with E-state index in [1.54, 1.807) is 7.11 Å². The van der Waals surface area contributed by atoms with E-state index in [2.05, 4.69) is 15.5 Å². The van der Waals surface area contributed by atoms with Gasteiger partial charge in [0.15, 0.2) is 5.58 Å². The van der Waals surface area contributed by atoms with Gasteiger partial charge in [0.25, 0.3) is 0 Å². The van der Waals surface area contributed by atoms with Crippen molar-refractivity contribution in [2.45, 2.75) is 6.92 Å². The van der Waals surface area contributed by atoms with Crippen LogP contribution in [0.3, 0.4) is 0 Å². The number of oxazole rings is 1. The zero-order chi connectivity index (χ0) is 14.7. The fraction of sp³-hybridized carbons (Fsp3) is 0.125. The van der Waals surface area contributed by atoms with Crippen LogP contribution >= 0.6 is 0 Å². The van der Waals surface area contributed by atoms with Crippen LogP contribution in [0.1, 0.15) is 12.5 Å². The molecule has 5 heteroatoms. The Morgan fingerprint density at radius 2 is 1.90 bits per heavy atom. The number of para-hydroxylation sites is 2. The number of methoxy groups -OCH3 is 1. The summed E-state index contributed by atoms with van der Waals surface area (Å²) in [6, 6.07) is 15.7. The highest BCUT2D eigenvalue weighted by Gasteiger charge is 2.04. The molecule has 106 valence electrons. The van der Waals surface area contributed by atoms with Gasteiger partial charge in [-0.25, -0.2) is 5.43 Å². The Balaban J connectivity index is 1.77. The number of aromatic nitrogens is 1. The van der Waals surface area contributed by atoms with E-state index in [0.29, 0.717) is 6.01 Å². The summed E-state index contributed by atoms with van der Waals surface area (Å²) < 4.78 is 10.7. The van der Waals surface area contributed by atoms with Crippen molar-refractivity contribution in [3.05, 3.63) is 54.1 Å². The van der Waals surface area contributed by atoms with Crippen molar-refractivity contribution in [3.63, 3.8) is 0 Å². The highest BCUT2D eigenvalue weighted by molar-refractivity contribution is 5.99. The molecule has 0 atom stereocenters. The van der Waals surface area contributed by atoms with Crippen LogP contribution in [0.5, 0.6) is 5.75 Å². The van der Waals surface area contributed by atoms with Crippen molar-refractivity contribution in [2.24, 2.45) is 5.10 Å². The molecule has 0 aliphatic rings. The van der Waals surface area contributed by atoms with Gasteiger partial charge in [0.05, 0.1) is 12.8 Å². The van der Waals surface area contributed by atoms with Gasteiger partial charge in [-0.1, -0.05) is 12.1 Å². The van der Waals surface area contributed by atoms with Gasteiger partial charge < -0.3 is 9.15 Å². The summed E-state index contributed by atoms with van der Waals surface area (Å²) in [6.07, 6.45) is 0. The van der Waals surface area contributed by atoms with Crippen molar-refractivity contribution >= 4 is 22.8 Å². The van der Waals surface area contributed by atoms with Crippen LogP contribution in [0, 0.1) is 0 Å². The van der Waals surface area contributed by atoms with E-state index in [1.165, 1.54) is 0 Å². The highest BCUT2D eigenvalue weighted by Crippen LogP contribution is 2.18. The fourth-order valence-electron chi connectivity index (χ4n) is 1.95. The number of hydrogen-bond donors (Lipinski definition) is 1. The molecule has 1 heterocycles. The van der Waals surface area contributed by atoms with Gasteiger partial charge in [0, 0.05) is 0 Å². The van der Waals surface area contributed by atoms with E-state index in [-0.39, 0.29) is 0 Å². The van der Waals surface area contributed by atoms with E-state index in [9.17, 15) is 0 Å². The lowest BCUT2D eigenvalue weighted by Crippen LogP contribution is -1.99. The Labute approximate surface area is 122 Å². The van der Waals surface area contributed by atoms with Gasteiger partial charge >= 0.3 is 6.01 Å². The molecule has 0 aliphatic carbocycles. The number of fused-ring (bicyclic) bond motifs is 1. The molecule has 0 aliphatic heterocycles. The van der Waals surface area contributed by atoms with Crippen LogP contribution in [-0.4, -0.2) is 17.8 Å². The quantitative estimate of drug-likeness (QED) is 0.585. The molecule has 0 saturated carbocycles. The molecule has 21 heavy (non-hydrogen) atoms. The predicted octanol–water partition coefficient (Wildman–Crippen LogP) is 3.67. The summed E-state index contributed by atoms with van der Waals surface area (Å²) in [6.45, 7) is 1.91. The van der Waals surface area contributed by atoms with Crippen LogP contribution in [0.25, 0.3) is 11.1 Å². The Hall–Kier alpha value is -2.82. The molecule has 0 unspecified atom stereocenters. The molecule has 2 aromatic carbocycles. The molecule has 0 fully saturated rings. The predicted molar refractivity (Wildman–Crippen MR) is 82.8 cm³/mol. The van der Waals surface area contributed by atoms with Gasteiger partial charge in [-0.05, 0) is 48.9 Å². The summed E-state index contributed by atoms with van der Waals surface area (Å²) in [5.41, 5.74) is 6.21. The minimum absolute atomic E-state index is 0.379. The Morgan fingerprint density at radius 3 is 2.62 bits per heavy atom. The van der Waals surface area contributed by atoms with E-state index < -0.39 is 0 Å². The first-order valence-electron chi connectivity index (χ1n) is 6.56. The molecule has 0 radical (unpaired) electrons. The molecule has 0 saturated heterocycles. The number of anilines is 1. The van der Waals surface area contributed by atoms with E-state index >= 15 is 0 Å². The van der Waals surface area contributed by atoms with Gasteiger partial charge in [0.2, 0.25) is 0 Å². The first kappa shape index (κ1) is 13.2. The first-order chi connectivity index (χ1) is 10.3. The third-order valence-electron chi connectivity index (χ3n) is 3.12. The molecule has 0 amide bonds. The summed E-state index contributed by atoms with van der Waals surface area (Å²) in [5.74, 6) is 0.818. The maximum Gasteiger partial charge on any atom is 0.316 e. The Bertz CT molecular complexity index is 743. The summed E-state index contributed by atoms with van der Waals surface area (Å²) >= 11 is 0. The summed E-state index contributed by atoms with van der Waals surface area (Å²) in [7, 11) is 1.64. The van der Waals surface area contributed by atoms with Crippen LogP contribution in [0.4, 0.5) is 6.01 Å². The van der Waals surface area contributed by atoms with Crippen molar-refractivity contribution in [1.82, 2.24) is 4.98 Å². The SMILES string of the molecule is COc1ccc(C(C)=NNc2nc3ccccc3o2)cc1. The normalized spacial score (nSPS) is 11.6. The lowest BCUT2D eigenvalue weighted by Gasteiger charge is -2.03. The second-order valence-electron chi connectivity index (χ2n) is 4.52. The lowest BCUT2D eigenvalue weighted by molar-refractivity contribution is 0.415. The molecule has 0 bridgehead atoms. The molecule has 3 aromatic rings. The van der Waals surface area contributed by atoms with Crippen molar-refractivity contribution in [2.75, 3.05) is 12.5 Å². The number of ether oxygens (including phenoxy) is 1. The topological polar surface area (TPSA) is 59.6 Å². The van der Waals surface area contributed by atoms with Crippen LogP contribution in [0.15, 0.2) is 58.0 Å². The molecule has 5 nitrogen and oxygen atoms in total. The van der Waals surface area contributed by atoms with Gasteiger partial charge in [-0.3, -0.25) is 0 Å².